The summed E-state index contributed by atoms with van der Waals surface area (Å²) in [6, 6.07) is 17.5. The standard InChI is InChI=1S/C27H26ClFN8O2S/c1-36(2)11-12-37-27(33-34-35-37)40-17-19-6-3-7-20(13-19)25(38)31-24-10-9-21(28)15-23(24)26(39)32-30-16-18-5-4-8-22(29)14-18/h3-10,13-16H,11-12,17H2,1-2H3,(H,31,38)(H,32,39). The summed E-state index contributed by atoms with van der Waals surface area (Å²) in [6.45, 7) is 1.47. The topological polar surface area (TPSA) is 117 Å². The van der Waals surface area contributed by atoms with E-state index < -0.39 is 17.6 Å². The van der Waals surface area contributed by atoms with Gasteiger partial charge in [0.1, 0.15) is 5.82 Å². The Hall–Kier alpha value is -4.13. The lowest BCUT2D eigenvalue weighted by molar-refractivity contribution is 0.0956. The number of hydrogen-bond acceptors (Lipinski definition) is 8. The third-order valence-electron chi connectivity index (χ3n) is 5.52. The van der Waals surface area contributed by atoms with Crippen LogP contribution in [0.3, 0.4) is 0 Å². The summed E-state index contributed by atoms with van der Waals surface area (Å²) in [4.78, 5) is 28.0. The van der Waals surface area contributed by atoms with Gasteiger partial charge in [-0.25, -0.2) is 14.5 Å². The van der Waals surface area contributed by atoms with E-state index in [0.29, 0.717) is 33.6 Å². The van der Waals surface area contributed by atoms with Gasteiger partial charge in [-0.3, -0.25) is 9.59 Å². The van der Waals surface area contributed by atoms with Crippen LogP contribution in [0.1, 0.15) is 31.8 Å². The lowest BCUT2D eigenvalue weighted by Gasteiger charge is -2.12. The number of tetrazole rings is 1. The molecule has 0 atom stereocenters. The Morgan fingerprint density at radius 3 is 2.73 bits per heavy atom. The largest absolute Gasteiger partial charge is 0.321 e. The number of rotatable bonds is 11. The highest BCUT2D eigenvalue weighted by Gasteiger charge is 2.16. The number of anilines is 1. The third kappa shape index (κ3) is 8.18. The maximum absolute atomic E-state index is 13.4. The molecule has 2 N–H and O–H groups in total. The van der Waals surface area contributed by atoms with Crippen LogP contribution in [0, 0.1) is 5.82 Å². The summed E-state index contributed by atoms with van der Waals surface area (Å²) in [5.74, 6) is -0.857. The van der Waals surface area contributed by atoms with Crippen molar-refractivity contribution >= 4 is 47.1 Å². The zero-order chi connectivity index (χ0) is 28.5. The van der Waals surface area contributed by atoms with Crippen LogP contribution >= 0.6 is 23.4 Å². The zero-order valence-corrected chi connectivity index (χ0v) is 23.3. The molecule has 40 heavy (non-hydrogen) atoms. The van der Waals surface area contributed by atoms with E-state index in [2.05, 4.69) is 31.4 Å². The number of carbonyl (C=O) groups is 2. The number of likely N-dealkylation sites (N-methyl/N-ethyl adjacent to an activating group) is 1. The highest BCUT2D eigenvalue weighted by molar-refractivity contribution is 7.98. The van der Waals surface area contributed by atoms with Crippen molar-refractivity contribution in [2.45, 2.75) is 17.5 Å². The normalized spacial score (nSPS) is 11.2. The number of thioether (sulfide) groups is 1. The molecule has 3 aromatic carbocycles. The van der Waals surface area contributed by atoms with E-state index in [4.69, 9.17) is 11.6 Å². The average molecular weight is 581 g/mol. The molecule has 4 rings (SSSR count). The van der Waals surface area contributed by atoms with Gasteiger partial charge in [-0.1, -0.05) is 47.6 Å². The van der Waals surface area contributed by atoms with Crippen LogP contribution in [0.25, 0.3) is 0 Å². The van der Waals surface area contributed by atoms with Crippen molar-refractivity contribution in [3.05, 3.63) is 99.8 Å². The average Bonchev–Trinajstić information content (AvgIpc) is 3.39. The minimum atomic E-state index is -0.595. The summed E-state index contributed by atoms with van der Waals surface area (Å²) in [7, 11) is 3.97. The molecule has 0 saturated heterocycles. The number of nitrogens with one attached hydrogen (secondary N) is 2. The number of hydrogen-bond donors (Lipinski definition) is 2. The van der Waals surface area contributed by atoms with Gasteiger partial charge in [0.2, 0.25) is 5.16 Å². The molecule has 0 aliphatic rings. The van der Waals surface area contributed by atoms with Gasteiger partial charge in [-0.05, 0) is 78.1 Å². The van der Waals surface area contributed by atoms with Crippen LogP contribution in [-0.2, 0) is 12.3 Å². The van der Waals surface area contributed by atoms with Crippen LogP contribution in [0.15, 0.2) is 77.0 Å². The number of halogens is 2. The van der Waals surface area contributed by atoms with Gasteiger partial charge in [-0.15, -0.1) is 5.10 Å². The van der Waals surface area contributed by atoms with Gasteiger partial charge in [0, 0.05) is 22.9 Å². The molecule has 1 aromatic heterocycles. The van der Waals surface area contributed by atoms with Crippen molar-refractivity contribution in [2.75, 3.05) is 26.0 Å². The molecular weight excluding hydrogens is 555 g/mol. The quantitative estimate of drug-likeness (QED) is 0.154. The summed E-state index contributed by atoms with van der Waals surface area (Å²) in [5.41, 5.74) is 4.55. The maximum Gasteiger partial charge on any atom is 0.273 e. The van der Waals surface area contributed by atoms with E-state index in [1.165, 1.54) is 42.2 Å². The number of carbonyl (C=O) groups excluding carboxylic acids is 2. The van der Waals surface area contributed by atoms with Crippen LogP contribution < -0.4 is 10.7 Å². The number of amides is 2. The molecule has 0 spiro atoms. The van der Waals surface area contributed by atoms with Crippen molar-refractivity contribution in [3.63, 3.8) is 0 Å². The van der Waals surface area contributed by atoms with E-state index in [-0.39, 0.29) is 11.3 Å². The fourth-order valence-corrected chi connectivity index (χ4v) is 4.52. The molecular formula is C27H26ClFN8O2S. The van der Waals surface area contributed by atoms with Crippen LogP contribution in [0.2, 0.25) is 5.02 Å². The fraction of sp³-hybridized carbons (Fsp3) is 0.185. The molecule has 0 saturated carbocycles. The van der Waals surface area contributed by atoms with Crippen LogP contribution in [0.5, 0.6) is 0 Å². The first-order valence-corrected chi connectivity index (χ1v) is 13.5. The molecule has 2 amide bonds. The molecule has 0 unspecified atom stereocenters. The van der Waals surface area contributed by atoms with Crippen molar-refractivity contribution < 1.29 is 14.0 Å². The molecule has 0 aliphatic carbocycles. The van der Waals surface area contributed by atoms with Crippen molar-refractivity contribution in [2.24, 2.45) is 5.10 Å². The Labute approximate surface area is 239 Å². The first-order chi connectivity index (χ1) is 19.3. The molecule has 0 radical (unpaired) electrons. The maximum atomic E-state index is 13.4. The Bertz CT molecular complexity index is 1530. The second-order valence-electron chi connectivity index (χ2n) is 8.88. The molecule has 4 aromatic rings. The number of aromatic nitrogens is 4. The second kappa shape index (κ2) is 13.8. The first kappa shape index (κ1) is 28.9. The summed E-state index contributed by atoms with van der Waals surface area (Å²) in [5, 5.41) is 19.5. The highest BCUT2D eigenvalue weighted by Crippen LogP contribution is 2.23. The van der Waals surface area contributed by atoms with E-state index in [0.717, 1.165) is 12.1 Å². The molecule has 1 heterocycles. The lowest BCUT2D eigenvalue weighted by atomic mass is 10.1. The van der Waals surface area contributed by atoms with Gasteiger partial charge in [0.15, 0.2) is 0 Å². The summed E-state index contributed by atoms with van der Waals surface area (Å²) < 4.78 is 15.1. The SMILES string of the molecule is CN(C)CCn1nnnc1SCc1cccc(C(=O)Nc2ccc(Cl)cc2C(=O)NN=Cc2cccc(F)c2)c1. The molecule has 10 nitrogen and oxygen atoms in total. The first-order valence-electron chi connectivity index (χ1n) is 12.1. The van der Waals surface area contributed by atoms with E-state index in [1.54, 1.807) is 41.1 Å². The van der Waals surface area contributed by atoms with Crippen LogP contribution in [0.4, 0.5) is 10.1 Å². The van der Waals surface area contributed by atoms with Gasteiger partial charge in [0.05, 0.1) is 24.0 Å². The minimum absolute atomic E-state index is 0.119. The molecule has 13 heteroatoms. The summed E-state index contributed by atoms with van der Waals surface area (Å²) in [6.07, 6.45) is 1.31. The number of hydrazone groups is 1. The Morgan fingerprint density at radius 1 is 1.10 bits per heavy atom. The number of nitrogens with zero attached hydrogens (tertiary/aromatic N) is 6. The highest BCUT2D eigenvalue weighted by atomic mass is 35.5. The van der Waals surface area contributed by atoms with Crippen molar-refractivity contribution in [1.82, 2.24) is 30.5 Å². The predicted octanol–water partition coefficient (Wildman–Crippen LogP) is 4.34. The minimum Gasteiger partial charge on any atom is -0.321 e. The lowest BCUT2D eigenvalue weighted by Crippen LogP contribution is -2.21. The molecule has 0 aliphatic heterocycles. The zero-order valence-electron chi connectivity index (χ0n) is 21.7. The number of benzene rings is 3. The van der Waals surface area contributed by atoms with Crippen molar-refractivity contribution in [3.8, 4) is 0 Å². The van der Waals surface area contributed by atoms with Crippen LogP contribution in [-0.4, -0.2) is 63.8 Å². The smallest absolute Gasteiger partial charge is 0.273 e. The van der Waals surface area contributed by atoms with Gasteiger partial charge in [0.25, 0.3) is 11.8 Å². The summed E-state index contributed by atoms with van der Waals surface area (Å²) >= 11 is 7.59. The van der Waals surface area contributed by atoms with E-state index in [1.807, 2.05) is 25.1 Å². The van der Waals surface area contributed by atoms with Gasteiger partial charge in [-0.2, -0.15) is 5.10 Å². The predicted molar refractivity (Wildman–Crippen MR) is 153 cm³/mol. The monoisotopic (exact) mass is 580 g/mol. The molecule has 0 bridgehead atoms. The second-order valence-corrected chi connectivity index (χ2v) is 10.3. The Kier molecular flexibility index (Phi) is 9.95. The van der Waals surface area contributed by atoms with E-state index in [9.17, 15) is 14.0 Å². The molecule has 206 valence electrons. The fourth-order valence-electron chi connectivity index (χ4n) is 3.51. The Morgan fingerprint density at radius 2 is 1.93 bits per heavy atom. The molecule has 0 fully saturated rings. The van der Waals surface area contributed by atoms with Gasteiger partial charge >= 0.3 is 0 Å². The van der Waals surface area contributed by atoms with Gasteiger partial charge < -0.3 is 10.2 Å². The van der Waals surface area contributed by atoms with Crippen molar-refractivity contribution in [1.29, 1.82) is 0 Å². The van der Waals surface area contributed by atoms with E-state index >= 15 is 0 Å². The third-order valence-corrected chi connectivity index (χ3v) is 6.78. The Balaban J connectivity index is 1.41.